The van der Waals surface area contributed by atoms with Crippen LogP contribution in [0.1, 0.15) is 33.1 Å². The second kappa shape index (κ2) is 3.44. The van der Waals surface area contributed by atoms with Crippen LogP contribution in [0, 0.1) is 5.41 Å². The smallest absolute Gasteiger partial charge is 0.310 e. The summed E-state index contributed by atoms with van der Waals surface area (Å²) in [4.78, 5) is 10.7. The summed E-state index contributed by atoms with van der Waals surface area (Å²) in [6.07, 6.45) is 3.69. The van der Waals surface area contributed by atoms with Crippen LogP contribution in [0.2, 0.25) is 0 Å². The summed E-state index contributed by atoms with van der Waals surface area (Å²) in [5.41, 5.74) is -0.629. The zero-order chi connectivity index (χ0) is 9.19. The highest BCUT2D eigenvalue weighted by atomic mass is 16.4. The van der Waals surface area contributed by atoms with E-state index in [9.17, 15) is 4.79 Å². The number of rotatable bonds is 4. The van der Waals surface area contributed by atoms with Crippen LogP contribution in [-0.4, -0.2) is 23.7 Å². The van der Waals surface area contributed by atoms with Crippen molar-refractivity contribution in [2.24, 2.45) is 5.41 Å². The van der Waals surface area contributed by atoms with Crippen molar-refractivity contribution in [2.75, 3.05) is 6.54 Å². The van der Waals surface area contributed by atoms with Crippen molar-refractivity contribution in [2.45, 2.75) is 39.2 Å². The molecular weight excluding hydrogens is 154 g/mol. The summed E-state index contributed by atoms with van der Waals surface area (Å²) in [6, 6.07) is 0.573. The summed E-state index contributed by atoms with van der Waals surface area (Å²) in [6.45, 7) is 4.08. The first-order valence-corrected chi connectivity index (χ1v) is 4.49. The zero-order valence-electron chi connectivity index (χ0n) is 7.76. The first kappa shape index (κ1) is 9.52. The van der Waals surface area contributed by atoms with Crippen LogP contribution in [-0.2, 0) is 4.79 Å². The highest BCUT2D eigenvalue weighted by molar-refractivity contribution is 5.73. The average Bonchev–Trinajstić information content (AvgIpc) is 1.83. The van der Waals surface area contributed by atoms with E-state index in [4.69, 9.17) is 5.11 Å². The molecule has 0 atom stereocenters. The Hall–Kier alpha value is -0.570. The second-order valence-corrected chi connectivity index (χ2v) is 4.20. The molecule has 1 saturated carbocycles. The zero-order valence-corrected chi connectivity index (χ0v) is 7.76. The number of carbonyl (C=O) groups is 1. The molecule has 0 amide bonds. The van der Waals surface area contributed by atoms with Crippen LogP contribution in [0.3, 0.4) is 0 Å². The Labute approximate surface area is 73.2 Å². The molecule has 0 aliphatic heterocycles. The number of nitrogens with one attached hydrogen (secondary N) is 1. The maximum atomic E-state index is 10.7. The summed E-state index contributed by atoms with van der Waals surface area (Å²) in [5.74, 6) is -0.727. The van der Waals surface area contributed by atoms with Gasteiger partial charge in [0.1, 0.15) is 0 Å². The fourth-order valence-corrected chi connectivity index (χ4v) is 1.09. The van der Waals surface area contributed by atoms with Crippen LogP contribution in [0.15, 0.2) is 0 Å². The quantitative estimate of drug-likeness (QED) is 0.669. The van der Waals surface area contributed by atoms with E-state index >= 15 is 0 Å². The van der Waals surface area contributed by atoms with Gasteiger partial charge in [0.2, 0.25) is 0 Å². The van der Waals surface area contributed by atoms with Gasteiger partial charge in [0.15, 0.2) is 0 Å². The van der Waals surface area contributed by atoms with E-state index in [0.29, 0.717) is 12.6 Å². The Morgan fingerprint density at radius 1 is 1.58 bits per heavy atom. The minimum Gasteiger partial charge on any atom is -0.481 e. The lowest BCUT2D eigenvalue weighted by Gasteiger charge is -2.30. The lowest BCUT2D eigenvalue weighted by Crippen LogP contribution is -2.43. The Morgan fingerprint density at radius 3 is 2.50 bits per heavy atom. The van der Waals surface area contributed by atoms with E-state index in [-0.39, 0.29) is 0 Å². The Balaban J connectivity index is 2.24. The van der Waals surface area contributed by atoms with E-state index in [0.717, 1.165) is 0 Å². The average molecular weight is 171 g/mol. The number of aliphatic carboxylic acids is 1. The van der Waals surface area contributed by atoms with Gasteiger partial charge in [0, 0.05) is 12.6 Å². The molecule has 0 radical (unpaired) electrons. The molecule has 1 aliphatic rings. The molecule has 70 valence electrons. The van der Waals surface area contributed by atoms with Crippen LogP contribution in [0.25, 0.3) is 0 Å². The Bertz CT molecular complexity index is 173. The maximum Gasteiger partial charge on any atom is 0.310 e. The van der Waals surface area contributed by atoms with Crippen LogP contribution >= 0.6 is 0 Å². The van der Waals surface area contributed by atoms with Gasteiger partial charge in [-0.15, -0.1) is 0 Å². The summed E-state index contributed by atoms with van der Waals surface area (Å²) in [7, 11) is 0. The normalized spacial score (nSPS) is 18.8. The van der Waals surface area contributed by atoms with E-state index in [2.05, 4.69) is 5.32 Å². The summed E-state index contributed by atoms with van der Waals surface area (Å²) in [5, 5.41) is 12.1. The molecule has 12 heavy (non-hydrogen) atoms. The number of carboxylic acids is 1. The highest BCUT2D eigenvalue weighted by Gasteiger charge is 2.28. The molecule has 0 saturated heterocycles. The topological polar surface area (TPSA) is 49.3 Å². The van der Waals surface area contributed by atoms with Gasteiger partial charge in [-0.05, 0) is 26.7 Å². The minimum atomic E-state index is -0.727. The van der Waals surface area contributed by atoms with Gasteiger partial charge in [-0.3, -0.25) is 4.79 Å². The highest BCUT2D eigenvalue weighted by Crippen LogP contribution is 2.20. The largest absolute Gasteiger partial charge is 0.481 e. The third-order valence-electron chi connectivity index (χ3n) is 2.52. The molecule has 2 N–H and O–H groups in total. The van der Waals surface area contributed by atoms with Crippen molar-refractivity contribution in [1.29, 1.82) is 0 Å². The number of hydrogen-bond donors (Lipinski definition) is 2. The third kappa shape index (κ3) is 2.21. The van der Waals surface area contributed by atoms with Crippen LogP contribution < -0.4 is 5.32 Å². The maximum absolute atomic E-state index is 10.7. The minimum absolute atomic E-state index is 0.573. The molecule has 0 spiro atoms. The summed E-state index contributed by atoms with van der Waals surface area (Å²) < 4.78 is 0. The molecule has 1 rings (SSSR count). The number of carboxylic acid groups (broad SMARTS) is 1. The Morgan fingerprint density at radius 2 is 2.17 bits per heavy atom. The Kier molecular flexibility index (Phi) is 2.73. The van der Waals surface area contributed by atoms with Crippen molar-refractivity contribution in [3.8, 4) is 0 Å². The monoisotopic (exact) mass is 171 g/mol. The third-order valence-corrected chi connectivity index (χ3v) is 2.52. The second-order valence-electron chi connectivity index (χ2n) is 4.20. The van der Waals surface area contributed by atoms with Gasteiger partial charge >= 0.3 is 5.97 Å². The van der Waals surface area contributed by atoms with Crippen molar-refractivity contribution in [3.63, 3.8) is 0 Å². The van der Waals surface area contributed by atoms with Crippen LogP contribution in [0.4, 0.5) is 0 Å². The lowest BCUT2D eigenvalue weighted by molar-refractivity contribution is -0.146. The van der Waals surface area contributed by atoms with E-state index in [1.54, 1.807) is 13.8 Å². The fraction of sp³-hybridized carbons (Fsp3) is 0.889. The van der Waals surface area contributed by atoms with E-state index in [1.807, 2.05) is 0 Å². The molecule has 3 heteroatoms. The SMILES string of the molecule is CC(C)(CNC1CCC1)C(=O)O. The number of hydrogen-bond acceptors (Lipinski definition) is 2. The van der Waals surface area contributed by atoms with Crippen molar-refractivity contribution >= 4 is 5.97 Å². The van der Waals surface area contributed by atoms with Gasteiger partial charge in [-0.25, -0.2) is 0 Å². The van der Waals surface area contributed by atoms with Crippen molar-refractivity contribution in [3.05, 3.63) is 0 Å². The van der Waals surface area contributed by atoms with Crippen LogP contribution in [0.5, 0.6) is 0 Å². The molecule has 1 fully saturated rings. The molecule has 0 bridgehead atoms. The fourth-order valence-electron chi connectivity index (χ4n) is 1.09. The predicted molar refractivity (Wildman–Crippen MR) is 47.1 cm³/mol. The molecule has 0 unspecified atom stereocenters. The van der Waals surface area contributed by atoms with Gasteiger partial charge in [-0.1, -0.05) is 6.42 Å². The first-order chi connectivity index (χ1) is 5.52. The molecule has 0 aromatic carbocycles. The van der Waals surface area contributed by atoms with Crippen molar-refractivity contribution < 1.29 is 9.90 Å². The van der Waals surface area contributed by atoms with E-state index in [1.165, 1.54) is 19.3 Å². The standard InChI is InChI=1S/C9H17NO2/c1-9(2,8(11)12)6-10-7-4-3-5-7/h7,10H,3-6H2,1-2H3,(H,11,12). The van der Waals surface area contributed by atoms with Gasteiger partial charge in [0.05, 0.1) is 5.41 Å². The summed E-state index contributed by atoms with van der Waals surface area (Å²) >= 11 is 0. The molecule has 0 aromatic heterocycles. The predicted octanol–water partition coefficient (Wildman–Crippen LogP) is 1.24. The van der Waals surface area contributed by atoms with E-state index < -0.39 is 11.4 Å². The van der Waals surface area contributed by atoms with Gasteiger partial charge < -0.3 is 10.4 Å². The lowest BCUT2D eigenvalue weighted by atomic mass is 9.89. The molecule has 0 heterocycles. The molecule has 1 aliphatic carbocycles. The molecule has 3 nitrogen and oxygen atoms in total. The molecule has 0 aromatic rings. The van der Waals surface area contributed by atoms with Crippen molar-refractivity contribution in [1.82, 2.24) is 5.32 Å². The molecular formula is C9H17NO2. The van der Waals surface area contributed by atoms with Gasteiger partial charge in [-0.2, -0.15) is 0 Å². The van der Waals surface area contributed by atoms with Gasteiger partial charge in [0.25, 0.3) is 0 Å². The first-order valence-electron chi connectivity index (χ1n) is 4.49.